The topological polar surface area (TPSA) is 89.9 Å². The minimum atomic E-state index is -1.02. The Kier molecular flexibility index (Phi) is 4.42. The van der Waals surface area contributed by atoms with Crippen molar-refractivity contribution in [2.45, 2.75) is 6.42 Å². The fourth-order valence-corrected chi connectivity index (χ4v) is 2.06. The van der Waals surface area contributed by atoms with Crippen LogP contribution in [0.4, 0.5) is 10.5 Å². The Labute approximate surface area is 122 Å². The summed E-state index contributed by atoms with van der Waals surface area (Å²) in [4.78, 5) is 37.7. The second-order valence-electron chi connectivity index (χ2n) is 4.90. The summed E-state index contributed by atoms with van der Waals surface area (Å²) in [5.74, 6) is -1.11. The standard InChI is InChI=1S/C14H17N3O4/c1-16-7-2-8-17(9-12(16)18)14(21)15-11-5-3-10(4-6-11)13(19)20/h3-6H,2,7-9H2,1H3,(H,15,21)(H,19,20). The molecule has 7 nitrogen and oxygen atoms in total. The summed E-state index contributed by atoms with van der Waals surface area (Å²) >= 11 is 0. The van der Waals surface area contributed by atoms with Gasteiger partial charge >= 0.3 is 12.0 Å². The molecular weight excluding hydrogens is 274 g/mol. The summed E-state index contributed by atoms with van der Waals surface area (Å²) in [5.41, 5.74) is 0.648. The molecule has 7 heteroatoms. The number of benzene rings is 1. The summed E-state index contributed by atoms with van der Waals surface area (Å²) in [5, 5.41) is 11.5. The zero-order chi connectivity index (χ0) is 15.4. The smallest absolute Gasteiger partial charge is 0.335 e. The molecule has 1 fully saturated rings. The van der Waals surface area contributed by atoms with Crippen molar-refractivity contribution in [2.75, 3.05) is 32.0 Å². The first kappa shape index (κ1) is 14.8. The lowest BCUT2D eigenvalue weighted by atomic mass is 10.2. The van der Waals surface area contributed by atoms with Crippen molar-refractivity contribution in [3.8, 4) is 0 Å². The lowest BCUT2D eigenvalue weighted by Gasteiger charge is -2.20. The fraction of sp³-hybridized carbons (Fsp3) is 0.357. The van der Waals surface area contributed by atoms with Gasteiger partial charge in [-0.1, -0.05) is 0 Å². The molecule has 2 rings (SSSR count). The minimum Gasteiger partial charge on any atom is -0.478 e. The van der Waals surface area contributed by atoms with Crippen molar-refractivity contribution in [2.24, 2.45) is 0 Å². The third kappa shape index (κ3) is 3.71. The van der Waals surface area contributed by atoms with Crippen LogP contribution in [0.5, 0.6) is 0 Å². The summed E-state index contributed by atoms with van der Waals surface area (Å²) in [7, 11) is 1.72. The Morgan fingerprint density at radius 1 is 1.19 bits per heavy atom. The molecule has 0 saturated carbocycles. The van der Waals surface area contributed by atoms with Crippen LogP contribution < -0.4 is 5.32 Å². The number of anilines is 1. The first-order chi connectivity index (χ1) is 9.97. The lowest BCUT2D eigenvalue weighted by molar-refractivity contribution is -0.129. The minimum absolute atomic E-state index is 0.0511. The molecule has 0 radical (unpaired) electrons. The van der Waals surface area contributed by atoms with Gasteiger partial charge in [0.05, 0.1) is 5.56 Å². The lowest BCUT2D eigenvalue weighted by Crippen LogP contribution is -2.40. The first-order valence-corrected chi connectivity index (χ1v) is 6.60. The SMILES string of the molecule is CN1CCCN(C(=O)Nc2ccc(C(=O)O)cc2)CC1=O. The number of nitrogens with zero attached hydrogens (tertiary/aromatic N) is 2. The van der Waals surface area contributed by atoms with Crippen LogP contribution in [0.2, 0.25) is 0 Å². The molecular formula is C14H17N3O4. The maximum Gasteiger partial charge on any atom is 0.335 e. The van der Waals surface area contributed by atoms with Gasteiger partial charge in [-0.2, -0.15) is 0 Å². The normalized spacial score (nSPS) is 15.6. The second-order valence-corrected chi connectivity index (χ2v) is 4.90. The molecule has 21 heavy (non-hydrogen) atoms. The number of rotatable bonds is 2. The molecule has 0 unspecified atom stereocenters. The Hall–Kier alpha value is -2.57. The highest BCUT2D eigenvalue weighted by molar-refractivity contribution is 5.93. The highest BCUT2D eigenvalue weighted by atomic mass is 16.4. The molecule has 2 N–H and O–H groups in total. The summed E-state index contributed by atoms with van der Waals surface area (Å²) < 4.78 is 0. The van der Waals surface area contributed by atoms with Gasteiger partial charge in [-0.25, -0.2) is 9.59 Å². The Balaban J connectivity index is 2.00. The molecule has 0 spiro atoms. The van der Waals surface area contributed by atoms with Crippen molar-refractivity contribution in [3.05, 3.63) is 29.8 Å². The van der Waals surface area contributed by atoms with Crippen LogP contribution in [-0.4, -0.2) is 59.5 Å². The number of carboxylic acid groups (broad SMARTS) is 1. The quantitative estimate of drug-likeness (QED) is 0.853. The third-order valence-corrected chi connectivity index (χ3v) is 3.34. The molecule has 3 amide bonds. The molecule has 1 saturated heterocycles. The fourth-order valence-electron chi connectivity index (χ4n) is 2.06. The number of urea groups is 1. The molecule has 1 aromatic rings. The van der Waals surface area contributed by atoms with E-state index in [2.05, 4.69) is 5.32 Å². The van der Waals surface area contributed by atoms with Crippen LogP contribution in [0.3, 0.4) is 0 Å². The van der Waals surface area contributed by atoms with Crippen LogP contribution in [0.25, 0.3) is 0 Å². The largest absolute Gasteiger partial charge is 0.478 e. The molecule has 1 aliphatic heterocycles. The molecule has 1 heterocycles. The average molecular weight is 291 g/mol. The number of carbonyl (C=O) groups is 3. The van der Waals surface area contributed by atoms with E-state index >= 15 is 0 Å². The number of amides is 3. The summed E-state index contributed by atoms with van der Waals surface area (Å²) in [6, 6.07) is 5.51. The molecule has 0 atom stereocenters. The number of carbonyl (C=O) groups excluding carboxylic acids is 2. The molecule has 1 aromatic carbocycles. The average Bonchev–Trinajstić information content (AvgIpc) is 2.62. The van der Waals surface area contributed by atoms with E-state index in [4.69, 9.17) is 5.11 Å². The maximum atomic E-state index is 12.1. The van der Waals surface area contributed by atoms with Gasteiger partial charge in [0, 0.05) is 25.8 Å². The Morgan fingerprint density at radius 3 is 2.48 bits per heavy atom. The van der Waals surface area contributed by atoms with Crippen molar-refractivity contribution in [1.82, 2.24) is 9.80 Å². The van der Waals surface area contributed by atoms with Crippen LogP contribution in [-0.2, 0) is 4.79 Å². The van der Waals surface area contributed by atoms with E-state index in [9.17, 15) is 14.4 Å². The molecule has 112 valence electrons. The predicted molar refractivity (Wildman–Crippen MR) is 76.2 cm³/mol. The monoisotopic (exact) mass is 291 g/mol. The van der Waals surface area contributed by atoms with Crippen LogP contribution in [0, 0.1) is 0 Å². The van der Waals surface area contributed by atoms with Gasteiger partial charge in [-0.15, -0.1) is 0 Å². The number of carboxylic acids is 1. The zero-order valence-corrected chi connectivity index (χ0v) is 11.7. The van der Waals surface area contributed by atoms with Gasteiger partial charge in [-0.05, 0) is 30.7 Å². The number of hydrogen-bond donors (Lipinski definition) is 2. The van der Waals surface area contributed by atoms with Gasteiger partial charge in [0.2, 0.25) is 5.91 Å². The van der Waals surface area contributed by atoms with E-state index in [1.165, 1.54) is 29.2 Å². The van der Waals surface area contributed by atoms with E-state index in [1.807, 2.05) is 0 Å². The van der Waals surface area contributed by atoms with Crippen molar-refractivity contribution >= 4 is 23.6 Å². The Morgan fingerprint density at radius 2 is 1.86 bits per heavy atom. The van der Waals surface area contributed by atoms with Gasteiger partial charge in [-0.3, -0.25) is 4.79 Å². The third-order valence-electron chi connectivity index (χ3n) is 3.34. The van der Waals surface area contributed by atoms with E-state index in [1.54, 1.807) is 11.9 Å². The maximum absolute atomic E-state index is 12.1. The van der Waals surface area contributed by atoms with Gasteiger partial charge in [0.25, 0.3) is 0 Å². The highest BCUT2D eigenvalue weighted by Gasteiger charge is 2.22. The number of hydrogen-bond acceptors (Lipinski definition) is 3. The van der Waals surface area contributed by atoms with E-state index in [-0.39, 0.29) is 24.0 Å². The number of nitrogens with one attached hydrogen (secondary N) is 1. The van der Waals surface area contributed by atoms with Crippen LogP contribution in [0.1, 0.15) is 16.8 Å². The highest BCUT2D eigenvalue weighted by Crippen LogP contribution is 2.11. The van der Waals surface area contributed by atoms with E-state index in [0.29, 0.717) is 18.8 Å². The van der Waals surface area contributed by atoms with Crippen LogP contribution in [0.15, 0.2) is 24.3 Å². The Bertz CT molecular complexity index is 556. The molecule has 0 aliphatic carbocycles. The molecule has 1 aliphatic rings. The van der Waals surface area contributed by atoms with Gasteiger partial charge < -0.3 is 20.2 Å². The van der Waals surface area contributed by atoms with Crippen molar-refractivity contribution < 1.29 is 19.5 Å². The first-order valence-electron chi connectivity index (χ1n) is 6.60. The van der Waals surface area contributed by atoms with Crippen LogP contribution >= 0.6 is 0 Å². The number of aromatic carboxylic acids is 1. The predicted octanol–water partition coefficient (Wildman–Crippen LogP) is 1.08. The van der Waals surface area contributed by atoms with E-state index in [0.717, 1.165) is 6.42 Å². The zero-order valence-electron chi connectivity index (χ0n) is 11.7. The molecule has 0 bridgehead atoms. The van der Waals surface area contributed by atoms with Gasteiger partial charge in [0.15, 0.2) is 0 Å². The van der Waals surface area contributed by atoms with E-state index < -0.39 is 5.97 Å². The number of likely N-dealkylation sites (N-methyl/N-ethyl adjacent to an activating group) is 1. The molecule has 0 aromatic heterocycles. The van der Waals surface area contributed by atoms with Gasteiger partial charge in [0.1, 0.15) is 6.54 Å². The van der Waals surface area contributed by atoms with Crippen molar-refractivity contribution in [3.63, 3.8) is 0 Å². The summed E-state index contributed by atoms with van der Waals surface area (Å²) in [6.07, 6.45) is 0.730. The second kappa shape index (κ2) is 6.25. The van der Waals surface area contributed by atoms with Crippen molar-refractivity contribution in [1.29, 1.82) is 0 Å². The summed E-state index contributed by atoms with van der Waals surface area (Å²) in [6.45, 7) is 1.20.